The molecule has 0 aromatic heterocycles. The first kappa shape index (κ1) is 16.7. The minimum absolute atomic E-state index is 0.0693. The van der Waals surface area contributed by atoms with E-state index >= 15 is 0 Å². The van der Waals surface area contributed by atoms with Crippen molar-refractivity contribution >= 4 is 5.97 Å². The summed E-state index contributed by atoms with van der Waals surface area (Å²) in [6, 6.07) is 9.17. The lowest BCUT2D eigenvalue weighted by Gasteiger charge is -2.28. The van der Waals surface area contributed by atoms with Gasteiger partial charge in [-0.1, -0.05) is 44.2 Å². The standard InChI is InChI=1S/C16H25NO3/c1-13(2)8-10-20-11-9-16(12-17,15(18)19)14-6-4-3-5-7-14/h3-7,13H,8-12,17H2,1-2H3,(H,18,19). The summed E-state index contributed by atoms with van der Waals surface area (Å²) >= 11 is 0. The Bertz CT molecular complexity index is 405. The summed E-state index contributed by atoms with van der Waals surface area (Å²) in [6.07, 6.45) is 1.37. The van der Waals surface area contributed by atoms with Crippen LogP contribution in [0.5, 0.6) is 0 Å². The first-order chi connectivity index (χ1) is 9.53. The summed E-state index contributed by atoms with van der Waals surface area (Å²) in [5.74, 6) is -0.304. The number of aliphatic carboxylic acids is 1. The molecule has 0 aliphatic heterocycles. The van der Waals surface area contributed by atoms with Crippen LogP contribution in [0.25, 0.3) is 0 Å². The van der Waals surface area contributed by atoms with Gasteiger partial charge in [0, 0.05) is 19.8 Å². The van der Waals surface area contributed by atoms with E-state index in [1.807, 2.05) is 30.3 Å². The van der Waals surface area contributed by atoms with Gasteiger partial charge in [-0.05, 0) is 24.3 Å². The fraction of sp³-hybridized carbons (Fsp3) is 0.562. The molecule has 0 amide bonds. The van der Waals surface area contributed by atoms with Crippen molar-refractivity contribution in [1.82, 2.24) is 0 Å². The van der Waals surface area contributed by atoms with E-state index in [-0.39, 0.29) is 6.54 Å². The molecule has 0 fully saturated rings. The molecular weight excluding hydrogens is 254 g/mol. The Balaban J connectivity index is 2.68. The number of carboxylic acid groups (broad SMARTS) is 1. The van der Waals surface area contributed by atoms with Crippen LogP contribution < -0.4 is 5.73 Å². The molecule has 1 atom stereocenters. The van der Waals surface area contributed by atoms with Crippen LogP contribution in [0, 0.1) is 5.92 Å². The summed E-state index contributed by atoms with van der Waals surface area (Å²) in [6.45, 7) is 5.40. The van der Waals surface area contributed by atoms with E-state index in [0.29, 0.717) is 25.6 Å². The van der Waals surface area contributed by atoms with Crippen LogP contribution in [0.1, 0.15) is 32.3 Å². The van der Waals surface area contributed by atoms with E-state index in [1.165, 1.54) is 0 Å². The van der Waals surface area contributed by atoms with Crippen LogP contribution in [0.3, 0.4) is 0 Å². The average Bonchev–Trinajstić information content (AvgIpc) is 2.43. The zero-order valence-corrected chi connectivity index (χ0v) is 12.3. The van der Waals surface area contributed by atoms with E-state index in [4.69, 9.17) is 10.5 Å². The Kier molecular flexibility index (Phi) is 6.68. The van der Waals surface area contributed by atoms with Crippen molar-refractivity contribution in [2.75, 3.05) is 19.8 Å². The maximum atomic E-state index is 11.7. The molecule has 0 aliphatic rings. The number of nitrogens with two attached hydrogens (primary N) is 1. The minimum Gasteiger partial charge on any atom is -0.481 e. The zero-order valence-electron chi connectivity index (χ0n) is 12.3. The van der Waals surface area contributed by atoms with Crippen molar-refractivity contribution in [2.24, 2.45) is 11.7 Å². The third-order valence-corrected chi connectivity index (χ3v) is 3.60. The number of hydrogen-bond donors (Lipinski definition) is 2. The SMILES string of the molecule is CC(C)CCOCCC(CN)(C(=O)O)c1ccccc1. The highest BCUT2D eigenvalue weighted by atomic mass is 16.5. The molecule has 1 aromatic carbocycles. The molecule has 0 saturated carbocycles. The van der Waals surface area contributed by atoms with Gasteiger partial charge in [0.25, 0.3) is 0 Å². The number of hydrogen-bond acceptors (Lipinski definition) is 3. The van der Waals surface area contributed by atoms with Gasteiger partial charge in [0.1, 0.15) is 5.41 Å². The quantitative estimate of drug-likeness (QED) is 0.681. The highest BCUT2D eigenvalue weighted by Crippen LogP contribution is 2.27. The van der Waals surface area contributed by atoms with Gasteiger partial charge >= 0.3 is 5.97 Å². The van der Waals surface area contributed by atoms with E-state index in [0.717, 1.165) is 12.0 Å². The summed E-state index contributed by atoms with van der Waals surface area (Å²) in [4.78, 5) is 11.7. The van der Waals surface area contributed by atoms with Crippen LogP contribution in [0.4, 0.5) is 0 Å². The summed E-state index contributed by atoms with van der Waals surface area (Å²) in [5, 5.41) is 9.59. The van der Waals surface area contributed by atoms with Crippen molar-refractivity contribution in [2.45, 2.75) is 32.1 Å². The largest absolute Gasteiger partial charge is 0.481 e. The molecule has 20 heavy (non-hydrogen) atoms. The van der Waals surface area contributed by atoms with Crippen molar-refractivity contribution < 1.29 is 14.6 Å². The van der Waals surface area contributed by atoms with Gasteiger partial charge in [-0.25, -0.2) is 0 Å². The normalized spacial score (nSPS) is 14.2. The van der Waals surface area contributed by atoms with Gasteiger partial charge < -0.3 is 15.6 Å². The monoisotopic (exact) mass is 279 g/mol. The van der Waals surface area contributed by atoms with E-state index in [2.05, 4.69) is 13.8 Å². The summed E-state index contributed by atoms with van der Waals surface area (Å²) < 4.78 is 5.55. The maximum absolute atomic E-state index is 11.7. The number of carboxylic acids is 1. The molecule has 4 heteroatoms. The van der Waals surface area contributed by atoms with Crippen LogP contribution in [-0.2, 0) is 14.9 Å². The molecule has 3 N–H and O–H groups in total. The first-order valence-electron chi connectivity index (χ1n) is 7.09. The van der Waals surface area contributed by atoms with E-state index in [9.17, 15) is 9.90 Å². The molecule has 0 radical (unpaired) electrons. The number of rotatable bonds is 9. The van der Waals surface area contributed by atoms with Gasteiger partial charge in [-0.15, -0.1) is 0 Å². The molecule has 1 rings (SSSR count). The molecule has 0 bridgehead atoms. The smallest absolute Gasteiger partial charge is 0.315 e. The van der Waals surface area contributed by atoms with Crippen molar-refractivity contribution in [1.29, 1.82) is 0 Å². The lowest BCUT2D eigenvalue weighted by Crippen LogP contribution is -2.44. The predicted molar refractivity (Wildman–Crippen MR) is 79.7 cm³/mol. The Hall–Kier alpha value is -1.39. The van der Waals surface area contributed by atoms with Crippen molar-refractivity contribution in [3.05, 3.63) is 35.9 Å². The molecule has 0 saturated heterocycles. The van der Waals surface area contributed by atoms with Crippen LogP contribution in [0.15, 0.2) is 30.3 Å². The fourth-order valence-electron chi connectivity index (χ4n) is 2.11. The number of ether oxygens (including phenoxy) is 1. The highest BCUT2D eigenvalue weighted by molar-refractivity contribution is 5.81. The second-order valence-corrected chi connectivity index (χ2v) is 5.50. The number of benzene rings is 1. The van der Waals surface area contributed by atoms with Crippen LogP contribution in [-0.4, -0.2) is 30.8 Å². The minimum atomic E-state index is -1.06. The molecule has 112 valence electrons. The third-order valence-electron chi connectivity index (χ3n) is 3.60. The van der Waals surface area contributed by atoms with Gasteiger partial charge in [0.15, 0.2) is 0 Å². The Morgan fingerprint density at radius 2 is 1.95 bits per heavy atom. The van der Waals surface area contributed by atoms with Crippen molar-refractivity contribution in [3.8, 4) is 0 Å². The predicted octanol–water partition coefficient (Wildman–Crippen LogP) is 2.42. The van der Waals surface area contributed by atoms with E-state index < -0.39 is 11.4 Å². The van der Waals surface area contributed by atoms with Crippen molar-refractivity contribution in [3.63, 3.8) is 0 Å². The first-order valence-corrected chi connectivity index (χ1v) is 7.09. The van der Waals surface area contributed by atoms with Gasteiger partial charge in [0.2, 0.25) is 0 Å². The Labute approximate surface area is 120 Å². The summed E-state index contributed by atoms with van der Waals surface area (Å²) in [7, 11) is 0. The van der Waals surface area contributed by atoms with E-state index in [1.54, 1.807) is 0 Å². The average molecular weight is 279 g/mol. The molecule has 1 aromatic rings. The van der Waals surface area contributed by atoms with Crippen LogP contribution in [0.2, 0.25) is 0 Å². The number of carbonyl (C=O) groups is 1. The molecule has 0 heterocycles. The van der Waals surface area contributed by atoms with Gasteiger partial charge in [-0.3, -0.25) is 4.79 Å². The lowest BCUT2D eigenvalue weighted by atomic mass is 9.78. The topological polar surface area (TPSA) is 72.5 Å². The molecule has 0 aliphatic carbocycles. The lowest BCUT2D eigenvalue weighted by molar-refractivity contribution is -0.144. The van der Waals surface area contributed by atoms with Gasteiger partial charge in [-0.2, -0.15) is 0 Å². The molecule has 0 spiro atoms. The molecule has 1 unspecified atom stereocenters. The van der Waals surface area contributed by atoms with Crippen LogP contribution >= 0.6 is 0 Å². The zero-order chi connectivity index (χ0) is 15.0. The summed E-state index contributed by atoms with van der Waals surface area (Å²) in [5.41, 5.74) is 5.45. The maximum Gasteiger partial charge on any atom is 0.315 e. The Morgan fingerprint density at radius 3 is 2.45 bits per heavy atom. The van der Waals surface area contributed by atoms with Gasteiger partial charge in [0.05, 0.1) is 0 Å². The third kappa shape index (κ3) is 4.32. The fourth-order valence-corrected chi connectivity index (χ4v) is 2.11. The molecule has 4 nitrogen and oxygen atoms in total. The Morgan fingerprint density at radius 1 is 1.30 bits per heavy atom. The second-order valence-electron chi connectivity index (χ2n) is 5.50. The highest BCUT2D eigenvalue weighted by Gasteiger charge is 2.38. The molecular formula is C16H25NO3. The second kappa shape index (κ2) is 8.02.